The molecule has 0 saturated carbocycles. The Morgan fingerprint density at radius 1 is 1.40 bits per heavy atom. The van der Waals surface area contributed by atoms with Crippen LogP contribution in [-0.2, 0) is 0 Å². The first-order valence-corrected chi connectivity index (χ1v) is 4.76. The van der Waals surface area contributed by atoms with Gasteiger partial charge in [0.15, 0.2) is 0 Å². The Labute approximate surface area is 95.9 Å². The molecule has 0 saturated heterocycles. The van der Waals surface area contributed by atoms with Gasteiger partial charge in [-0.3, -0.25) is 0 Å². The number of nitrogens with one attached hydrogen (secondary N) is 1. The first-order valence-electron chi connectivity index (χ1n) is 6.26. The fourth-order valence-corrected chi connectivity index (χ4v) is 0.940. The average Bonchev–Trinajstić information content (AvgIpc) is 2.35. The molecule has 78 valence electrons. The molecule has 1 rings (SSSR count). The third kappa shape index (κ3) is 3.55. The second kappa shape index (κ2) is 5.30. The third-order valence-electron chi connectivity index (χ3n) is 2.00. The van der Waals surface area contributed by atoms with Gasteiger partial charge in [-0.1, -0.05) is 62.4 Å². The Morgan fingerprint density at radius 2 is 2.00 bits per heavy atom. The molecule has 1 N–H and O–H groups in total. The number of rotatable bonds is 4. The predicted molar refractivity (Wildman–Crippen MR) is 66.4 cm³/mol. The smallest absolute Gasteiger partial charge is 0.0646 e. The summed E-state index contributed by atoms with van der Waals surface area (Å²) in [4.78, 5) is 0. The van der Waals surface area contributed by atoms with Gasteiger partial charge in [0.25, 0.3) is 0 Å². The molecule has 0 aliphatic rings. The van der Waals surface area contributed by atoms with Crippen molar-refractivity contribution in [3.05, 3.63) is 60.2 Å². The van der Waals surface area contributed by atoms with Gasteiger partial charge in [0.2, 0.25) is 0 Å². The summed E-state index contributed by atoms with van der Waals surface area (Å²) in [6, 6.07) is 8.48. The van der Waals surface area contributed by atoms with Gasteiger partial charge >= 0.3 is 0 Å². The molecule has 0 heterocycles. The van der Waals surface area contributed by atoms with Crippen molar-refractivity contribution in [2.45, 2.75) is 13.8 Å². The molecule has 0 aliphatic heterocycles. The van der Waals surface area contributed by atoms with E-state index in [1.807, 2.05) is 6.07 Å². The van der Waals surface area contributed by atoms with Crippen molar-refractivity contribution >= 4 is 5.71 Å². The van der Waals surface area contributed by atoms with Crippen LogP contribution in [0.3, 0.4) is 0 Å². The predicted octanol–water partition coefficient (Wildman–Crippen LogP) is 3.82. The van der Waals surface area contributed by atoms with Gasteiger partial charge in [-0.05, 0) is 17.5 Å². The van der Waals surface area contributed by atoms with Crippen molar-refractivity contribution in [2.75, 3.05) is 0 Å². The van der Waals surface area contributed by atoms with E-state index in [4.69, 9.17) is 9.52 Å². The van der Waals surface area contributed by atoms with E-state index in [0.717, 1.165) is 0 Å². The molecular formula is C14H17N. The summed E-state index contributed by atoms with van der Waals surface area (Å²) < 4.78 is 23.5. The molecule has 0 aliphatic carbocycles. The van der Waals surface area contributed by atoms with Crippen molar-refractivity contribution in [1.29, 1.82) is 5.41 Å². The van der Waals surface area contributed by atoms with Crippen LogP contribution in [0, 0.1) is 11.3 Å². The number of hydrogen-bond acceptors (Lipinski definition) is 1. The molecule has 0 spiro atoms. The molecule has 0 aromatic heterocycles. The van der Waals surface area contributed by atoms with Gasteiger partial charge < -0.3 is 5.41 Å². The molecule has 1 heteroatoms. The van der Waals surface area contributed by atoms with Crippen LogP contribution < -0.4 is 0 Å². The molecule has 0 bridgehead atoms. The minimum absolute atomic E-state index is 0.0222. The lowest BCUT2D eigenvalue weighted by molar-refractivity contribution is 0.795. The van der Waals surface area contributed by atoms with Gasteiger partial charge in [0.05, 0.1) is 8.45 Å². The van der Waals surface area contributed by atoms with Gasteiger partial charge in [-0.25, -0.2) is 0 Å². The van der Waals surface area contributed by atoms with E-state index in [-0.39, 0.29) is 23.4 Å². The molecule has 1 aromatic rings. The van der Waals surface area contributed by atoms with E-state index in [0.29, 0.717) is 5.56 Å². The van der Waals surface area contributed by atoms with Crippen molar-refractivity contribution in [2.24, 2.45) is 5.89 Å². The summed E-state index contributed by atoms with van der Waals surface area (Å²) in [5, 5.41) is 7.90. The lowest BCUT2D eigenvalue weighted by Gasteiger charge is -2.03. The van der Waals surface area contributed by atoms with Crippen LogP contribution in [0.15, 0.2) is 54.6 Å². The molecule has 15 heavy (non-hydrogen) atoms. The van der Waals surface area contributed by atoms with Crippen LogP contribution >= 0.6 is 0 Å². The second-order valence-corrected chi connectivity index (χ2v) is 3.47. The lowest BCUT2D eigenvalue weighted by atomic mass is 10.0. The van der Waals surface area contributed by atoms with Crippen molar-refractivity contribution in [1.82, 2.24) is 0 Å². The molecular weight excluding hydrogens is 182 g/mol. The Morgan fingerprint density at radius 3 is 2.53 bits per heavy atom. The van der Waals surface area contributed by atoms with Crippen LogP contribution in [0.25, 0.3) is 0 Å². The minimum atomic E-state index is -1.01. The van der Waals surface area contributed by atoms with E-state index in [2.05, 4.69) is 6.58 Å². The zero-order valence-corrected chi connectivity index (χ0v) is 9.09. The summed E-state index contributed by atoms with van der Waals surface area (Å²) >= 11 is 0. The highest BCUT2D eigenvalue weighted by Gasteiger charge is 1.97. The van der Waals surface area contributed by atoms with Crippen molar-refractivity contribution < 1.29 is 4.11 Å². The van der Waals surface area contributed by atoms with Crippen LogP contribution in [-0.4, -0.2) is 5.71 Å². The van der Waals surface area contributed by atoms with E-state index in [1.54, 1.807) is 38.1 Å². The maximum absolute atomic E-state index is 7.90. The highest BCUT2D eigenvalue weighted by Crippen LogP contribution is 2.09. The van der Waals surface area contributed by atoms with Gasteiger partial charge in [0, 0.05) is 1.37 Å². The molecule has 0 unspecified atom stereocenters. The Bertz CT molecular complexity index is 496. The maximum atomic E-state index is 7.90. The SMILES string of the molecule is [2H]/C(C(=C)C([2H])(C)C)=C(\[2H])C(=N)c1ccccc1. The van der Waals surface area contributed by atoms with Crippen LogP contribution in [0.2, 0.25) is 0 Å². The summed E-state index contributed by atoms with van der Waals surface area (Å²) in [7, 11) is 0. The van der Waals surface area contributed by atoms with E-state index in [9.17, 15) is 0 Å². The summed E-state index contributed by atoms with van der Waals surface area (Å²) in [6.07, 6.45) is 0. The largest absolute Gasteiger partial charge is 0.300 e. The zero-order valence-electron chi connectivity index (χ0n) is 12.1. The fourth-order valence-electron chi connectivity index (χ4n) is 0.940. The first kappa shape index (κ1) is 7.63. The number of allylic oxidation sites excluding steroid dienone is 3. The second-order valence-electron chi connectivity index (χ2n) is 3.47. The molecule has 1 nitrogen and oxygen atoms in total. The normalized spacial score (nSPS) is 15.7. The number of hydrogen-bond donors (Lipinski definition) is 1. The lowest BCUT2D eigenvalue weighted by Crippen LogP contribution is -1.95. The average molecular weight is 202 g/mol. The summed E-state index contributed by atoms with van der Waals surface area (Å²) in [5.74, 6) is -1.01. The highest BCUT2D eigenvalue weighted by atomic mass is 14.4. The number of benzene rings is 1. The van der Waals surface area contributed by atoms with E-state index in [1.165, 1.54) is 0 Å². The molecule has 0 fully saturated rings. The van der Waals surface area contributed by atoms with Crippen molar-refractivity contribution in [3.8, 4) is 0 Å². The van der Waals surface area contributed by atoms with Crippen LogP contribution in [0.1, 0.15) is 23.5 Å². The van der Waals surface area contributed by atoms with Crippen LogP contribution in [0.5, 0.6) is 0 Å². The van der Waals surface area contributed by atoms with Gasteiger partial charge in [-0.2, -0.15) is 0 Å². The molecule has 1 aromatic carbocycles. The van der Waals surface area contributed by atoms with Gasteiger partial charge in [0.1, 0.15) is 0 Å². The zero-order chi connectivity index (χ0) is 13.9. The summed E-state index contributed by atoms with van der Waals surface area (Å²) in [6.45, 7) is 6.90. The quantitative estimate of drug-likeness (QED) is 0.567. The Kier molecular flexibility index (Phi) is 2.70. The molecule has 0 amide bonds. The Hall–Kier alpha value is -1.63. The van der Waals surface area contributed by atoms with Gasteiger partial charge in [-0.15, -0.1) is 0 Å². The maximum Gasteiger partial charge on any atom is 0.0646 e. The monoisotopic (exact) mass is 202 g/mol. The van der Waals surface area contributed by atoms with Crippen molar-refractivity contribution in [3.63, 3.8) is 0 Å². The minimum Gasteiger partial charge on any atom is -0.300 e. The van der Waals surface area contributed by atoms with E-state index < -0.39 is 5.89 Å². The first-order chi connectivity index (χ1) is 8.25. The highest BCUT2D eigenvalue weighted by molar-refractivity contribution is 6.06. The third-order valence-corrected chi connectivity index (χ3v) is 2.00. The standard InChI is InChI=1S/C14H17N/c1-11(2)12(3)9-10-14(15)13-7-5-4-6-8-13/h4-11,15H,3H2,1-2H3/b10-9-,15-14?/i9D,10D,11D. The topological polar surface area (TPSA) is 23.9 Å². The van der Waals surface area contributed by atoms with Crippen LogP contribution in [0.4, 0.5) is 0 Å². The fraction of sp³-hybridized carbons (Fsp3) is 0.214. The Balaban J connectivity index is 3.10. The van der Waals surface area contributed by atoms with E-state index >= 15 is 0 Å². The molecule has 0 atom stereocenters. The summed E-state index contributed by atoms with van der Waals surface area (Å²) in [5.41, 5.74) is 0.807. The molecule has 0 radical (unpaired) electrons.